The van der Waals surface area contributed by atoms with Gasteiger partial charge < -0.3 is 24.6 Å². The lowest BCUT2D eigenvalue weighted by Gasteiger charge is -2.37. The van der Waals surface area contributed by atoms with Crippen molar-refractivity contribution in [2.45, 2.75) is 19.9 Å². The van der Waals surface area contributed by atoms with E-state index in [1.807, 2.05) is 31.1 Å². The maximum Gasteiger partial charge on any atom is 0.249 e. The second-order valence-corrected chi connectivity index (χ2v) is 6.38. The van der Waals surface area contributed by atoms with E-state index < -0.39 is 0 Å². The number of carbonyl (C=O) groups is 1. The van der Waals surface area contributed by atoms with Crippen molar-refractivity contribution in [3.63, 3.8) is 0 Å². The molecular formula is C16H23N3O3. The summed E-state index contributed by atoms with van der Waals surface area (Å²) in [7, 11) is 4.01. The lowest BCUT2D eigenvalue weighted by atomic mass is 9.98. The van der Waals surface area contributed by atoms with Crippen molar-refractivity contribution in [3.05, 3.63) is 12.1 Å². The zero-order valence-corrected chi connectivity index (χ0v) is 13.5. The smallest absolute Gasteiger partial charge is 0.249 e. The molecule has 120 valence electrons. The van der Waals surface area contributed by atoms with E-state index in [0.717, 1.165) is 23.7 Å². The van der Waals surface area contributed by atoms with E-state index in [2.05, 4.69) is 24.1 Å². The fourth-order valence-electron chi connectivity index (χ4n) is 2.77. The second kappa shape index (κ2) is 5.68. The SMILES string of the molecule is CC(C)C1Nc2cc3c(cc2N(CCN(C)C)C1=O)OCO3. The predicted octanol–water partition coefficient (Wildman–Crippen LogP) is 1.76. The summed E-state index contributed by atoms with van der Waals surface area (Å²) >= 11 is 0. The first-order valence-corrected chi connectivity index (χ1v) is 7.63. The molecule has 1 aromatic carbocycles. The zero-order valence-electron chi connectivity index (χ0n) is 13.5. The Labute approximate surface area is 131 Å². The molecular weight excluding hydrogens is 282 g/mol. The first-order chi connectivity index (χ1) is 10.5. The summed E-state index contributed by atoms with van der Waals surface area (Å²) in [6.45, 7) is 5.81. The van der Waals surface area contributed by atoms with Gasteiger partial charge in [-0.2, -0.15) is 0 Å². The van der Waals surface area contributed by atoms with Crippen LogP contribution < -0.4 is 19.7 Å². The molecule has 0 aromatic heterocycles. The van der Waals surface area contributed by atoms with Crippen molar-refractivity contribution in [1.82, 2.24) is 4.90 Å². The third-order valence-corrected chi connectivity index (χ3v) is 4.06. The van der Waals surface area contributed by atoms with E-state index in [1.54, 1.807) is 0 Å². The standard InChI is InChI=1S/C16H23N3O3/c1-10(2)15-16(20)19(6-5-18(3)4)12-8-14-13(21-9-22-14)7-11(12)17-15/h7-8,10,15,17H,5-6,9H2,1-4H3. The Hall–Kier alpha value is -1.95. The molecule has 1 N–H and O–H groups in total. The number of anilines is 2. The first kappa shape index (κ1) is 15.0. The highest BCUT2D eigenvalue weighted by Gasteiger charge is 2.35. The maximum absolute atomic E-state index is 12.8. The third-order valence-electron chi connectivity index (χ3n) is 4.06. The number of nitrogens with zero attached hydrogens (tertiary/aromatic N) is 2. The molecule has 0 radical (unpaired) electrons. The van der Waals surface area contributed by atoms with Gasteiger partial charge in [-0.05, 0) is 20.0 Å². The van der Waals surface area contributed by atoms with Gasteiger partial charge in [-0.1, -0.05) is 13.8 Å². The fraction of sp³-hybridized carbons (Fsp3) is 0.562. The molecule has 6 heteroatoms. The van der Waals surface area contributed by atoms with Gasteiger partial charge in [-0.3, -0.25) is 4.79 Å². The minimum absolute atomic E-state index is 0.114. The first-order valence-electron chi connectivity index (χ1n) is 7.63. The van der Waals surface area contributed by atoms with Crippen molar-refractivity contribution in [3.8, 4) is 11.5 Å². The Bertz CT molecular complexity index is 586. The lowest BCUT2D eigenvalue weighted by Crippen LogP contribution is -2.51. The van der Waals surface area contributed by atoms with E-state index in [-0.39, 0.29) is 24.7 Å². The van der Waals surface area contributed by atoms with Gasteiger partial charge in [0.05, 0.1) is 11.4 Å². The number of rotatable bonds is 4. The highest BCUT2D eigenvalue weighted by Crippen LogP contribution is 2.43. The van der Waals surface area contributed by atoms with Crippen LogP contribution in [0.1, 0.15) is 13.8 Å². The minimum Gasteiger partial charge on any atom is -0.454 e. The van der Waals surface area contributed by atoms with Crippen LogP contribution in [0.15, 0.2) is 12.1 Å². The van der Waals surface area contributed by atoms with Crippen LogP contribution in [0, 0.1) is 5.92 Å². The van der Waals surface area contributed by atoms with E-state index >= 15 is 0 Å². The molecule has 0 bridgehead atoms. The highest BCUT2D eigenvalue weighted by atomic mass is 16.7. The van der Waals surface area contributed by atoms with Gasteiger partial charge in [0.25, 0.3) is 0 Å². The summed E-state index contributed by atoms with van der Waals surface area (Å²) in [5.74, 6) is 1.76. The Balaban J connectivity index is 1.98. The van der Waals surface area contributed by atoms with Gasteiger partial charge in [-0.15, -0.1) is 0 Å². The quantitative estimate of drug-likeness (QED) is 0.918. The van der Waals surface area contributed by atoms with Crippen molar-refractivity contribution in [2.75, 3.05) is 44.2 Å². The van der Waals surface area contributed by atoms with E-state index in [4.69, 9.17) is 9.47 Å². The Morgan fingerprint density at radius 2 is 2.00 bits per heavy atom. The van der Waals surface area contributed by atoms with Crippen molar-refractivity contribution < 1.29 is 14.3 Å². The fourth-order valence-corrected chi connectivity index (χ4v) is 2.77. The Kier molecular flexibility index (Phi) is 3.87. The molecule has 22 heavy (non-hydrogen) atoms. The highest BCUT2D eigenvalue weighted by molar-refractivity contribution is 6.05. The number of benzene rings is 1. The molecule has 3 rings (SSSR count). The number of fused-ring (bicyclic) bond motifs is 2. The number of carbonyl (C=O) groups excluding carboxylic acids is 1. The number of hydrogen-bond donors (Lipinski definition) is 1. The van der Waals surface area contributed by atoms with E-state index in [1.165, 1.54) is 0 Å². The molecule has 2 heterocycles. The van der Waals surface area contributed by atoms with Crippen LogP contribution in [-0.4, -0.2) is 50.8 Å². The molecule has 1 unspecified atom stereocenters. The normalized spacial score (nSPS) is 19.6. The van der Waals surface area contributed by atoms with Crippen LogP contribution in [0.25, 0.3) is 0 Å². The Morgan fingerprint density at radius 1 is 1.32 bits per heavy atom. The lowest BCUT2D eigenvalue weighted by molar-refractivity contribution is -0.120. The Morgan fingerprint density at radius 3 is 2.64 bits per heavy atom. The summed E-state index contributed by atoms with van der Waals surface area (Å²) in [5.41, 5.74) is 1.80. The summed E-state index contributed by atoms with van der Waals surface area (Å²) in [5, 5.41) is 3.35. The zero-order chi connectivity index (χ0) is 15.9. The van der Waals surface area contributed by atoms with Crippen LogP contribution in [0.2, 0.25) is 0 Å². The molecule has 0 aliphatic carbocycles. The van der Waals surface area contributed by atoms with Crippen molar-refractivity contribution in [1.29, 1.82) is 0 Å². The van der Waals surface area contributed by atoms with Gasteiger partial charge in [0.2, 0.25) is 12.7 Å². The second-order valence-electron chi connectivity index (χ2n) is 6.38. The van der Waals surface area contributed by atoms with Gasteiger partial charge in [0.15, 0.2) is 11.5 Å². The number of amides is 1. The van der Waals surface area contributed by atoms with Crippen LogP contribution in [0.3, 0.4) is 0 Å². The predicted molar refractivity (Wildman–Crippen MR) is 85.7 cm³/mol. The number of ether oxygens (including phenoxy) is 2. The maximum atomic E-state index is 12.8. The summed E-state index contributed by atoms with van der Waals surface area (Å²) in [4.78, 5) is 16.8. The van der Waals surface area contributed by atoms with Crippen LogP contribution in [-0.2, 0) is 4.79 Å². The molecule has 0 saturated carbocycles. The molecule has 1 aromatic rings. The van der Waals surface area contributed by atoms with Crippen molar-refractivity contribution >= 4 is 17.3 Å². The van der Waals surface area contributed by atoms with Crippen LogP contribution >= 0.6 is 0 Å². The van der Waals surface area contributed by atoms with Crippen molar-refractivity contribution in [2.24, 2.45) is 5.92 Å². The topological polar surface area (TPSA) is 54.0 Å². The third kappa shape index (κ3) is 2.59. The largest absolute Gasteiger partial charge is 0.454 e. The number of nitrogens with one attached hydrogen (secondary N) is 1. The summed E-state index contributed by atoms with van der Waals surface area (Å²) in [6.07, 6.45) is 0. The van der Waals surface area contributed by atoms with Gasteiger partial charge in [-0.25, -0.2) is 0 Å². The minimum atomic E-state index is -0.213. The molecule has 0 fully saturated rings. The van der Waals surface area contributed by atoms with Crippen LogP contribution in [0.5, 0.6) is 11.5 Å². The molecule has 0 saturated heterocycles. The molecule has 1 amide bonds. The van der Waals surface area contributed by atoms with E-state index in [0.29, 0.717) is 12.3 Å². The number of hydrogen-bond acceptors (Lipinski definition) is 5. The van der Waals surface area contributed by atoms with E-state index in [9.17, 15) is 4.79 Å². The molecule has 2 aliphatic heterocycles. The summed E-state index contributed by atoms with van der Waals surface area (Å²) < 4.78 is 10.9. The average Bonchev–Trinajstić information content (AvgIpc) is 2.90. The summed E-state index contributed by atoms with van der Waals surface area (Å²) in [6, 6.07) is 3.62. The monoisotopic (exact) mass is 305 g/mol. The molecule has 6 nitrogen and oxygen atoms in total. The average molecular weight is 305 g/mol. The molecule has 0 spiro atoms. The van der Waals surface area contributed by atoms with Gasteiger partial charge in [0, 0.05) is 25.2 Å². The molecule has 2 aliphatic rings. The van der Waals surface area contributed by atoms with Gasteiger partial charge >= 0.3 is 0 Å². The molecule has 1 atom stereocenters. The van der Waals surface area contributed by atoms with Crippen LogP contribution in [0.4, 0.5) is 11.4 Å². The van der Waals surface area contributed by atoms with Gasteiger partial charge in [0.1, 0.15) is 6.04 Å². The number of likely N-dealkylation sites (N-methyl/N-ethyl adjacent to an activating group) is 1.